The van der Waals surface area contributed by atoms with Gasteiger partial charge < -0.3 is 14.5 Å². The molecule has 1 aliphatic heterocycles. The van der Waals surface area contributed by atoms with Crippen LogP contribution in [0.15, 0.2) is 48.5 Å². The zero-order valence-corrected chi connectivity index (χ0v) is 21.0. The average Bonchev–Trinajstić information content (AvgIpc) is 3.65. The minimum Gasteiger partial charge on any atom is -0.497 e. The van der Waals surface area contributed by atoms with Crippen LogP contribution in [-0.2, 0) is 13.1 Å². The van der Waals surface area contributed by atoms with Gasteiger partial charge in [0.2, 0.25) is 0 Å². The van der Waals surface area contributed by atoms with E-state index in [1.807, 2.05) is 12.1 Å². The van der Waals surface area contributed by atoms with Gasteiger partial charge in [0, 0.05) is 50.9 Å². The fourth-order valence-corrected chi connectivity index (χ4v) is 4.86. The molecule has 0 amide bonds. The Morgan fingerprint density at radius 1 is 0.912 bits per heavy atom. The smallest absolute Gasteiger partial charge is 0.137 e. The molecule has 1 aromatic heterocycles. The predicted molar refractivity (Wildman–Crippen MR) is 138 cm³/mol. The standard InChI is InChI=1S/C28H37N5O/c1-21-5-7-23(8-6-21)19-32(24-9-10-24)20-27-22(2)29-33(25-11-13-26(34-4)14-12-25)28(27)31-17-15-30(3)16-18-31/h5-8,11-14,24H,9-10,15-20H2,1-4H3. The highest BCUT2D eigenvalue weighted by atomic mass is 16.5. The van der Waals surface area contributed by atoms with Crippen LogP contribution in [-0.4, -0.2) is 66.0 Å². The second-order valence-electron chi connectivity index (χ2n) is 9.91. The van der Waals surface area contributed by atoms with Crippen molar-refractivity contribution in [2.45, 2.75) is 45.8 Å². The summed E-state index contributed by atoms with van der Waals surface area (Å²) in [6.07, 6.45) is 2.59. The predicted octanol–water partition coefficient (Wildman–Crippen LogP) is 4.41. The van der Waals surface area contributed by atoms with Crippen molar-refractivity contribution in [3.63, 3.8) is 0 Å². The van der Waals surface area contributed by atoms with Crippen LogP contribution in [0, 0.1) is 13.8 Å². The summed E-state index contributed by atoms with van der Waals surface area (Å²) in [5.41, 5.74) is 6.27. The Bertz CT molecular complexity index is 1090. The lowest BCUT2D eigenvalue weighted by Gasteiger charge is -2.35. The highest BCUT2D eigenvalue weighted by molar-refractivity contribution is 5.56. The molecule has 6 nitrogen and oxygen atoms in total. The van der Waals surface area contributed by atoms with Crippen LogP contribution in [0.3, 0.4) is 0 Å². The van der Waals surface area contributed by atoms with Crippen LogP contribution < -0.4 is 9.64 Å². The first-order chi connectivity index (χ1) is 16.5. The first kappa shape index (κ1) is 22.9. The van der Waals surface area contributed by atoms with E-state index in [9.17, 15) is 0 Å². The van der Waals surface area contributed by atoms with Gasteiger partial charge in [0.25, 0.3) is 0 Å². The van der Waals surface area contributed by atoms with Crippen LogP contribution in [0.2, 0.25) is 0 Å². The van der Waals surface area contributed by atoms with E-state index in [0.29, 0.717) is 6.04 Å². The van der Waals surface area contributed by atoms with Crippen molar-refractivity contribution >= 4 is 5.82 Å². The number of piperazine rings is 1. The molecule has 3 aromatic rings. The highest BCUT2D eigenvalue weighted by Gasteiger charge is 2.32. The monoisotopic (exact) mass is 459 g/mol. The van der Waals surface area contributed by atoms with Gasteiger partial charge in [-0.25, -0.2) is 4.68 Å². The number of hydrogen-bond acceptors (Lipinski definition) is 5. The number of ether oxygens (including phenoxy) is 1. The molecular weight excluding hydrogens is 422 g/mol. The van der Waals surface area contributed by atoms with Crippen molar-refractivity contribution in [3.8, 4) is 11.4 Å². The van der Waals surface area contributed by atoms with E-state index >= 15 is 0 Å². The number of anilines is 1. The minimum absolute atomic E-state index is 0.672. The van der Waals surface area contributed by atoms with Crippen molar-refractivity contribution in [2.24, 2.45) is 0 Å². The fraction of sp³-hybridized carbons (Fsp3) is 0.464. The minimum atomic E-state index is 0.672. The normalized spacial score (nSPS) is 16.9. The third kappa shape index (κ3) is 4.98. The summed E-state index contributed by atoms with van der Waals surface area (Å²) in [6.45, 7) is 10.4. The van der Waals surface area contributed by atoms with Gasteiger partial charge in [-0.15, -0.1) is 0 Å². The number of likely N-dealkylation sites (N-methyl/N-ethyl adjacent to an activating group) is 1. The topological polar surface area (TPSA) is 36.8 Å². The number of rotatable bonds is 8. The highest BCUT2D eigenvalue weighted by Crippen LogP contribution is 2.35. The van der Waals surface area contributed by atoms with E-state index in [0.717, 1.165) is 56.4 Å². The average molecular weight is 460 g/mol. The molecule has 0 atom stereocenters. The molecule has 1 saturated heterocycles. The van der Waals surface area contributed by atoms with E-state index in [-0.39, 0.29) is 0 Å². The zero-order chi connectivity index (χ0) is 23.7. The Kier molecular flexibility index (Phi) is 6.61. The molecule has 2 aromatic carbocycles. The second kappa shape index (κ2) is 9.80. The molecule has 5 rings (SSSR count). The molecule has 0 spiro atoms. The third-order valence-corrected chi connectivity index (χ3v) is 7.21. The van der Waals surface area contributed by atoms with Gasteiger partial charge in [-0.1, -0.05) is 29.8 Å². The van der Waals surface area contributed by atoms with Gasteiger partial charge in [-0.2, -0.15) is 5.10 Å². The lowest BCUT2D eigenvalue weighted by molar-refractivity contribution is 0.245. The molecule has 6 heteroatoms. The summed E-state index contributed by atoms with van der Waals surface area (Å²) in [5.74, 6) is 2.12. The molecule has 180 valence electrons. The van der Waals surface area contributed by atoms with Crippen LogP contribution in [0.1, 0.15) is 35.2 Å². The largest absolute Gasteiger partial charge is 0.497 e. The van der Waals surface area contributed by atoms with E-state index in [1.54, 1.807) is 7.11 Å². The van der Waals surface area contributed by atoms with Crippen molar-refractivity contribution < 1.29 is 4.74 Å². The Morgan fingerprint density at radius 2 is 1.59 bits per heavy atom. The fourth-order valence-electron chi connectivity index (χ4n) is 4.86. The molecular formula is C28H37N5O. The molecule has 2 heterocycles. The number of nitrogens with zero attached hydrogens (tertiary/aromatic N) is 5. The van der Waals surface area contributed by atoms with Crippen molar-refractivity contribution in [1.29, 1.82) is 0 Å². The number of aromatic nitrogens is 2. The first-order valence-corrected chi connectivity index (χ1v) is 12.5. The molecule has 1 saturated carbocycles. The van der Waals surface area contributed by atoms with E-state index in [2.05, 4.69) is 76.7 Å². The van der Waals surface area contributed by atoms with Gasteiger partial charge in [0.05, 0.1) is 18.5 Å². The summed E-state index contributed by atoms with van der Waals surface area (Å²) in [4.78, 5) is 7.61. The molecule has 0 radical (unpaired) electrons. The summed E-state index contributed by atoms with van der Waals surface area (Å²) in [6, 6.07) is 17.9. The zero-order valence-electron chi connectivity index (χ0n) is 21.0. The maximum Gasteiger partial charge on any atom is 0.137 e. The van der Waals surface area contributed by atoms with Crippen LogP contribution in [0.25, 0.3) is 5.69 Å². The third-order valence-electron chi connectivity index (χ3n) is 7.21. The Morgan fingerprint density at radius 3 is 2.21 bits per heavy atom. The van der Waals surface area contributed by atoms with Crippen LogP contribution in [0.5, 0.6) is 5.75 Å². The molecule has 34 heavy (non-hydrogen) atoms. The molecule has 1 aliphatic carbocycles. The Balaban J connectivity index is 1.49. The number of hydrogen-bond donors (Lipinski definition) is 0. The maximum absolute atomic E-state index is 5.39. The van der Waals surface area contributed by atoms with Gasteiger partial charge in [-0.3, -0.25) is 4.90 Å². The maximum atomic E-state index is 5.39. The van der Waals surface area contributed by atoms with Gasteiger partial charge >= 0.3 is 0 Å². The summed E-state index contributed by atoms with van der Waals surface area (Å²) < 4.78 is 7.55. The van der Waals surface area contributed by atoms with Crippen molar-refractivity contribution in [2.75, 3.05) is 45.2 Å². The summed E-state index contributed by atoms with van der Waals surface area (Å²) in [7, 11) is 3.92. The van der Waals surface area contributed by atoms with Gasteiger partial charge in [0.1, 0.15) is 11.6 Å². The van der Waals surface area contributed by atoms with Crippen LogP contribution in [0.4, 0.5) is 5.82 Å². The lowest BCUT2D eigenvalue weighted by atomic mass is 10.1. The summed E-state index contributed by atoms with van der Waals surface area (Å²) in [5, 5.41) is 5.08. The number of methoxy groups -OCH3 is 1. The SMILES string of the molecule is COc1ccc(-n2nc(C)c(CN(Cc3ccc(C)cc3)C3CC3)c2N2CCN(C)CC2)cc1. The van der Waals surface area contributed by atoms with E-state index in [1.165, 1.54) is 35.3 Å². The number of aryl methyl sites for hydroxylation is 2. The molecule has 0 bridgehead atoms. The van der Waals surface area contributed by atoms with Crippen LogP contribution >= 0.6 is 0 Å². The molecule has 2 fully saturated rings. The van der Waals surface area contributed by atoms with Crippen molar-refractivity contribution in [3.05, 3.63) is 70.9 Å². The lowest BCUT2D eigenvalue weighted by Crippen LogP contribution is -2.45. The molecule has 0 N–H and O–H groups in total. The second-order valence-corrected chi connectivity index (χ2v) is 9.91. The Labute approximate surface area is 203 Å². The van der Waals surface area contributed by atoms with Gasteiger partial charge in [-0.05, 0) is 63.6 Å². The first-order valence-electron chi connectivity index (χ1n) is 12.5. The van der Waals surface area contributed by atoms with Crippen molar-refractivity contribution in [1.82, 2.24) is 19.6 Å². The van der Waals surface area contributed by atoms with E-state index < -0.39 is 0 Å². The number of benzene rings is 2. The Hall–Kier alpha value is -2.83. The summed E-state index contributed by atoms with van der Waals surface area (Å²) >= 11 is 0. The molecule has 2 aliphatic rings. The van der Waals surface area contributed by atoms with Gasteiger partial charge in [0.15, 0.2) is 0 Å². The quantitative estimate of drug-likeness (QED) is 0.499. The van der Waals surface area contributed by atoms with E-state index in [4.69, 9.17) is 9.84 Å². The molecule has 0 unspecified atom stereocenters.